The van der Waals surface area contributed by atoms with Crippen molar-refractivity contribution in [1.82, 2.24) is 10.2 Å². The van der Waals surface area contributed by atoms with Crippen LogP contribution in [-0.2, 0) is 9.53 Å². The number of likely N-dealkylation sites (tertiary alicyclic amines) is 1. The van der Waals surface area contributed by atoms with Crippen LogP contribution in [0.25, 0.3) is 0 Å². The molecule has 0 aromatic heterocycles. The first-order chi connectivity index (χ1) is 8.05. The molecule has 2 N–H and O–H groups in total. The standard InChI is InChI=1S/C11H16N2O4/c14-8-11(1-2-11)17-10(7-12-8)3-5-13(6-4-10)9(15)16/h1-7H2,(H,12,14)(H,15,16). The largest absolute Gasteiger partial charge is 0.465 e. The van der Waals surface area contributed by atoms with E-state index in [1.165, 1.54) is 4.90 Å². The lowest BCUT2D eigenvalue weighted by Crippen LogP contribution is -2.62. The van der Waals surface area contributed by atoms with Gasteiger partial charge in [-0.3, -0.25) is 4.79 Å². The van der Waals surface area contributed by atoms with Crippen LogP contribution in [0.5, 0.6) is 0 Å². The average Bonchev–Trinajstić information content (AvgIpc) is 3.06. The molecule has 0 radical (unpaired) electrons. The van der Waals surface area contributed by atoms with Gasteiger partial charge >= 0.3 is 6.09 Å². The number of ether oxygens (including phenoxy) is 1. The Morgan fingerprint density at radius 1 is 1.29 bits per heavy atom. The molecule has 1 saturated carbocycles. The Labute approximate surface area is 98.9 Å². The maximum atomic E-state index is 11.6. The van der Waals surface area contributed by atoms with Crippen molar-refractivity contribution >= 4 is 12.0 Å². The molecule has 0 aromatic carbocycles. The maximum absolute atomic E-state index is 11.6. The first-order valence-electron chi connectivity index (χ1n) is 6.02. The smallest absolute Gasteiger partial charge is 0.407 e. The molecule has 3 rings (SSSR count). The summed E-state index contributed by atoms with van der Waals surface area (Å²) in [6, 6.07) is 0. The van der Waals surface area contributed by atoms with Gasteiger partial charge in [0, 0.05) is 19.6 Å². The van der Waals surface area contributed by atoms with Gasteiger partial charge in [-0.1, -0.05) is 0 Å². The van der Waals surface area contributed by atoms with E-state index in [2.05, 4.69) is 5.32 Å². The fourth-order valence-electron chi connectivity index (χ4n) is 2.73. The van der Waals surface area contributed by atoms with Crippen LogP contribution in [-0.4, -0.2) is 52.8 Å². The number of rotatable bonds is 0. The summed E-state index contributed by atoms with van der Waals surface area (Å²) in [4.78, 5) is 23.9. The number of nitrogens with zero attached hydrogens (tertiary/aromatic N) is 1. The lowest BCUT2D eigenvalue weighted by molar-refractivity contribution is -0.177. The van der Waals surface area contributed by atoms with Gasteiger partial charge < -0.3 is 20.1 Å². The second-order valence-electron chi connectivity index (χ2n) is 5.23. The molecule has 0 aromatic rings. The predicted octanol–water partition coefficient (Wildman–Crippen LogP) is 0.178. The number of piperidine rings is 1. The van der Waals surface area contributed by atoms with E-state index < -0.39 is 11.7 Å². The molecule has 2 heterocycles. The summed E-state index contributed by atoms with van der Waals surface area (Å²) >= 11 is 0. The van der Waals surface area contributed by atoms with E-state index in [0.717, 1.165) is 12.8 Å². The average molecular weight is 240 g/mol. The molecule has 1 aliphatic carbocycles. The predicted molar refractivity (Wildman–Crippen MR) is 57.6 cm³/mol. The van der Waals surface area contributed by atoms with Crippen LogP contribution in [0.3, 0.4) is 0 Å². The molecule has 2 aliphatic heterocycles. The van der Waals surface area contributed by atoms with Gasteiger partial charge in [0.15, 0.2) is 0 Å². The molecule has 0 atom stereocenters. The first kappa shape index (κ1) is 10.8. The van der Waals surface area contributed by atoms with E-state index in [4.69, 9.17) is 9.84 Å². The summed E-state index contributed by atoms with van der Waals surface area (Å²) < 4.78 is 6.02. The molecule has 17 heavy (non-hydrogen) atoms. The van der Waals surface area contributed by atoms with Gasteiger partial charge in [-0.15, -0.1) is 0 Å². The summed E-state index contributed by atoms with van der Waals surface area (Å²) in [6.07, 6.45) is 2.05. The van der Waals surface area contributed by atoms with Gasteiger partial charge in [0.25, 0.3) is 5.91 Å². The van der Waals surface area contributed by atoms with Gasteiger partial charge in [-0.05, 0) is 25.7 Å². The highest BCUT2D eigenvalue weighted by Gasteiger charge is 2.59. The van der Waals surface area contributed by atoms with Crippen LogP contribution in [0.4, 0.5) is 4.79 Å². The zero-order valence-electron chi connectivity index (χ0n) is 9.57. The molecule has 3 fully saturated rings. The van der Waals surface area contributed by atoms with Crippen LogP contribution < -0.4 is 5.32 Å². The van der Waals surface area contributed by atoms with E-state index in [-0.39, 0.29) is 11.5 Å². The molecule has 3 aliphatic rings. The molecule has 0 bridgehead atoms. The Balaban J connectivity index is 1.69. The van der Waals surface area contributed by atoms with Gasteiger partial charge in [-0.25, -0.2) is 4.79 Å². The monoisotopic (exact) mass is 240 g/mol. The Morgan fingerprint density at radius 3 is 2.47 bits per heavy atom. The van der Waals surface area contributed by atoms with Crippen molar-refractivity contribution in [3.05, 3.63) is 0 Å². The van der Waals surface area contributed by atoms with E-state index in [1.54, 1.807) is 0 Å². The van der Waals surface area contributed by atoms with Crippen LogP contribution >= 0.6 is 0 Å². The number of nitrogens with one attached hydrogen (secondary N) is 1. The Morgan fingerprint density at radius 2 is 1.94 bits per heavy atom. The third kappa shape index (κ3) is 1.67. The van der Waals surface area contributed by atoms with E-state index in [1.807, 2.05) is 0 Å². The molecule has 94 valence electrons. The minimum atomic E-state index is -0.874. The first-order valence-corrected chi connectivity index (χ1v) is 6.02. The van der Waals surface area contributed by atoms with Gasteiger partial charge in [0.2, 0.25) is 0 Å². The number of hydrogen-bond acceptors (Lipinski definition) is 3. The Bertz CT molecular complexity index is 370. The van der Waals surface area contributed by atoms with Gasteiger partial charge in [0.05, 0.1) is 5.60 Å². The van der Waals surface area contributed by atoms with Crippen LogP contribution in [0, 0.1) is 0 Å². The maximum Gasteiger partial charge on any atom is 0.407 e. The van der Waals surface area contributed by atoms with Crippen molar-refractivity contribution in [3.8, 4) is 0 Å². The number of morpholine rings is 1. The highest BCUT2D eigenvalue weighted by Crippen LogP contribution is 2.47. The van der Waals surface area contributed by atoms with E-state index in [0.29, 0.717) is 32.5 Å². The van der Waals surface area contributed by atoms with Crippen molar-refractivity contribution in [2.24, 2.45) is 0 Å². The molecule has 0 unspecified atom stereocenters. The molecule has 6 nitrogen and oxygen atoms in total. The number of carbonyl (C=O) groups excluding carboxylic acids is 1. The zero-order valence-corrected chi connectivity index (χ0v) is 9.57. The SMILES string of the molecule is O=C(O)N1CCC2(CC1)CNC(=O)C1(CC1)O2. The Kier molecular flexibility index (Phi) is 2.13. The van der Waals surface area contributed by atoms with Crippen LogP contribution in [0.1, 0.15) is 25.7 Å². The number of carboxylic acid groups (broad SMARTS) is 1. The van der Waals surface area contributed by atoms with Crippen LogP contribution in [0.15, 0.2) is 0 Å². The normalized spacial score (nSPS) is 29.2. The van der Waals surface area contributed by atoms with E-state index >= 15 is 0 Å². The van der Waals surface area contributed by atoms with Gasteiger partial charge in [0.1, 0.15) is 5.60 Å². The van der Waals surface area contributed by atoms with Crippen molar-refractivity contribution in [3.63, 3.8) is 0 Å². The molecular formula is C11H16N2O4. The molecule has 2 amide bonds. The summed E-state index contributed by atoms with van der Waals surface area (Å²) in [5, 5.41) is 11.8. The summed E-state index contributed by atoms with van der Waals surface area (Å²) in [5.41, 5.74) is -0.917. The fraction of sp³-hybridized carbons (Fsp3) is 0.818. The molecular weight excluding hydrogens is 224 g/mol. The van der Waals surface area contributed by atoms with E-state index in [9.17, 15) is 9.59 Å². The summed E-state index contributed by atoms with van der Waals surface area (Å²) in [7, 11) is 0. The zero-order chi connectivity index (χ0) is 12.1. The number of carbonyl (C=O) groups is 2. The van der Waals surface area contributed by atoms with Crippen LogP contribution in [0.2, 0.25) is 0 Å². The highest BCUT2D eigenvalue weighted by atomic mass is 16.5. The molecule has 6 heteroatoms. The molecule has 2 saturated heterocycles. The Hall–Kier alpha value is -1.30. The third-order valence-corrected chi connectivity index (χ3v) is 4.05. The lowest BCUT2D eigenvalue weighted by Gasteiger charge is -2.45. The number of hydrogen-bond donors (Lipinski definition) is 2. The fourth-order valence-corrected chi connectivity index (χ4v) is 2.73. The van der Waals surface area contributed by atoms with Crippen molar-refractivity contribution in [1.29, 1.82) is 0 Å². The lowest BCUT2D eigenvalue weighted by atomic mass is 9.89. The second-order valence-corrected chi connectivity index (χ2v) is 5.23. The second kappa shape index (κ2) is 3.35. The topological polar surface area (TPSA) is 78.9 Å². The summed E-state index contributed by atoms with van der Waals surface area (Å²) in [5.74, 6) is 0.00351. The third-order valence-electron chi connectivity index (χ3n) is 4.05. The van der Waals surface area contributed by atoms with Crippen molar-refractivity contribution < 1.29 is 19.4 Å². The van der Waals surface area contributed by atoms with Crippen molar-refractivity contribution in [2.45, 2.75) is 36.9 Å². The number of amides is 2. The summed E-state index contributed by atoms with van der Waals surface area (Å²) in [6.45, 7) is 1.49. The minimum absolute atomic E-state index is 0.00351. The minimum Gasteiger partial charge on any atom is -0.465 e. The van der Waals surface area contributed by atoms with Crippen molar-refractivity contribution in [2.75, 3.05) is 19.6 Å². The quantitative estimate of drug-likeness (QED) is 0.633. The molecule has 2 spiro atoms. The van der Waals surface area contributed by atoms with Gasteiger partial charge in [-0.2, -0.15) is 0 Å². The highest BCUT2D eigenvalue weighted by molar-refractivity contribution is 5.89.